The summed E-state index contributed by atoms with van der Waals surface area (Å²) in [5.41, 5.74) is 7.10. The normalized spacial score (nSPS) is 12.9. The van der Waals surface area contributed by atoms with Gasteiger partial charge in [0.15, 0.2) is 17.2 Å². The Morgan fingerprint density at radius 1 is 1.14 bits per heavy atom. The molecule has 5 rings (SSSR count). The largest absolute Gasteiger partial charge is 0.454 e. The number of hydrogen-bond donors (Lipinski definition) is 2. The number of halogens is 3. The summed E-state index contributed by atoms with van der Waals surface area (Å²) in [7, 11) is 0. The van der Waals surface area contributed by atoms with Gasteiger partial charge in [0.1, 0.15) is 5.69 Å². The van der Waals surface area contributed by atoms with E-state index in [1.165, 1.54) is 18.2 Å². The molecule has 12 nitrogen and oxygen atoms in total. The lowest BCUT2D eigenvalue weighted by atomic mass is 10.1. The average molecular weight is 486 g/mol. The molecule has 0 aliphatic carbocycles. The summed E-state index contributed by atoms with van der Waals surface area (Å²) in [4.78, 5) is 12.9. The second kappa shape index (κ2) is 8.44. The van der Waals surface area contributed by atoms with Gasteiger partial charge in [-0.2, -0.15) is 23.0 Å². The average Bonchev–Trinajstić information content (AvgIpc) is 3.57. The van der Waals surface area contributed by atoms with Gasteiger partial charge in [-0.05, 0) is 34.6 Å². The Bertz CT molecular complexity index is 1450. The Morgan fingerprint density at radius 3 is 2.71 bits per heavy atom. The van der Waals surface area contributed by atoms with E-state index in [2.05, 4.69) is 35.8 Å². The Hall–Kier alpha value is -4.95. The molecule has 1 amide bonds. The van der Waals surface area contributed by atoms with Crippen molar-refractivity contribution in [3.8, 4) is 28.6 Å². The van der Waals surface area contributed by atoms with Gasteiger partial charge in [-0.25, -0.2) is 10.1 Å². The van der Waals surface area contributed by atoms with Crippen LogP contribution in [0.5, 0.6) is 11.5 Å². The minimum absolute atomic E-state index is 0.0257. The summed E-state index contributed by atoms with van der Waals surface area (Å²) < 4.78 is 56.0. The number of hydrogen-bond acceptors (Lipinski definition) is 10. The maximum atomic E-state index is 13.2. The third-order valence-corrected chi connectivity index (χ3v) is 4.86. The summed E-state index contributed by atoms with van der Waals surface area (Å²) in [5.74, 6) is -0.110. The molecule has 4 aromatic rings. The SMILES string of the molecule is Nc1nonc1-n1nnc(C(=O)N/N=C/c2ccccc2C(F)(F)F)c1-c1ccc2c(c1)OCO2. The van der Waals surface area contributed by atoms with Gasteiger partial charge >= 0.3 is 6.18 Å². The van der Waals surface area contributed by atoms with Crippen LogP contribution in [0.25, 0.3) is 17.1 Å². The number of nitrogen functional groups attached to an aromatic ring is 1. The molecule has 178 valence electrons. The molecule has 1 aliphatic rings. The number of rotatable bonds is 5. The van der Waals surface area contributed by atoms with Crippen LogP contribution in [0, 0.1) is 0 Å². The van der Waals surface area contributed by atoms with Gasteiger partial charge in [-0.3, -0.25) is 4.79 Å². The number of amides is 1. The van der Waals surface area contributed by atoms with Gasteiger partial charge in [0.25, 0.3) is 5.91 Å². The zero-order valence-corrected chi connectivity index (χ0v) is 17.4. The maximum absolute atomic E-state index is 13.2. The van der Waals surface area contributed by atoms with Crippen molar-refractivity contribution in [3.05, 3.63) is 59.3 Å². The molecule has 35 heavy (non-hydrogen) atoms. The van der Waals surface area contributed by atoms with Crippen molar-refractivity contribution in [2.75, 3.05) is 12.5 Å². The predicted molar refractivity (Wildman–Crippen MR) is 112 cm³/mol. The molecule has 2 aromatic carbocycles. The van der Waals surface area contributed by atoms with E-state index in [-0.39, 0.29) is 35.4 Å². The molecule has 0 spiro atoms. The van der Waals surface area contributed by atoms with E-state index in [9.17, 15) is 18.0 Å². The molecule has 0 bridgehead atoms. The number of anilines is 1. The molecule has 3 heterocycles. The van der Waals surface area contributed by atoms with Crippen molar-refractivity contribution >= 4 is 17.9 Å². The Morgan fingerprint density at radius 2 is 1.94 bits per heavy atom. The second-order valence-corrected chi connectivity index (χ2v) is 7.02. The van der Waals surface area contributed by atoms with Crippen molar-refractivity contribution in [2.24, 2.45) is 5.10 Å². The highest BCUT2D eigenvalue weighted by Crippen LogP contribution is 2.37. The molecule has 0 unspecified atom stereocenters. The molecule has 0 saturated carbocycles. The standard InChI is InChI=1S/C20H13F3N8O4/c21-20(22,23)12-4-2-1-3-11(12)8-25-27-19(32)15-16(10-5-6-13-14(7-10)34-9-33-13)31(30-26-15)18-17(24)28-35-29-18/h1-8H,9H2,(H2,24,28)(H,27,32)/b25-8+. The highest BCUT2D eigenvalue weighted by molar-refractivity contribution is 5.99. The fourth-order valence-electron chi connectivity index (χ4n) is 3.30. The molecule has 1 aliphatic heterocycles. The highest BCUT2D eigenvalue weighted by Gasteiger charge is 2.32. The number of alkyl halides is 3. The smallest absolute Gasteiger partial charge is 0.417 e. The van der Waals surface area contributed by atoms with Crippen LogP contribution in [-0.4, -0.2) is 44.2 Å². The predicted octanol–water partition coefficient (Wildman–Crippen LogP) is 2.41. The van der Waals surface area contributed by atoms with Gasteiger partial charge in [0.2, 0.25) is 18.4 Å². The molecule has 0 radical (unpaired) electrons. The quantitative estimate of drug-likeness (QED) is 0.319. The Kier molecular flexibility index (Phi) is 5.27. The number of nitrogens with two attached hydrogens (primary N) is 1. The van der Waals surface area contributed by atoms with Crippen molar-refractivity contribution in [2.45, 2.75) is 6.18 Å². The topological polar surface area (TPSA) is 156 Å². The van der Waals surface area contributed by atoms with E-state index in [0.717, 1.165) is 17.0 Å². The summed E-state index contributed by atoms with van der Waals surface area (Å²) in [6.45, 7) is 0.0257. The van der Waals surface area contributed by atoms with Crippen molar-refractivity contribution in [3.63, 3.8) is 0 Å². The number of carbonyl (C=O) groups excluding carboxylic acids is 1. The fraction of sp³-hybridized carbons (Fsp3) is 0.100. The summed E-state index contributed by atoms with van der Waals surface area (Å²) in [6.07, 6.45) is -3.71. The molecule has 15 heteroatoms. The first-order valence-corrected chi connectivity index (χ1v) is 9.76. The summed E-state index contributed by atoms with van der Waals surface area (Å²) >= 11 is 0. The van der Waals surface area contributed by atoms with Crippen LogP contribution >= 0.6 is 0 Å². The number of hydrazone groups is 1. The van der Waals surface area contributed by atoms with Crippen LogP contribution < -0.4 is 20.6 Å². The minimum atomic E-state index is -4.59. The van der Waals surface area contributed by atoms with E-state index >= 15 is 0 Å². The number of carbonyl (C=O) groups is 1. The lowest BCUT2D eigenvalue weighted by Crippen LogP contribution is -2.20. The van der Waals surface area contributed by atoms with Crippen molar-refractivity contribution < 1.29 is 32.1 Å². The number of ether oxygens (including phenoxy) is 2. The van der Waals surface area contributed by atoms with Crippen LogP contribution in [0.1, 0.15) is 21.6 Å². The van der Waals surface area contributed by atoms with E-state index < -0.39 is 17.6 Å². The Labute approximate surface area is 193 Å². The molecule has 2 aromatic heterocycles. The Balaban J connectivity index is 1.50. The number of aromatic nitrogens is 5. The molecule has 0 fully saturated rings. The van der Waals surface area contributed by atoms with E-state index in [4.69, 9.17) is 15.2 Å². The molecular formula is C20H13F3N8O4. The number of fused-ring (bicyclic) bond motifs is 1. The molecule has 0 atom stereocenters. The third kappa shape index (κ3) is 4.09. The maximum Gasteiger partial charge on any atom is 0.417 e. The molecular weight excluding hydrogens is 473 g/mol. The van der Waals surface area contributed by atoms with Gasteiger partial charge in [-0.1, -0.05) is 23.4 Å². The lowest BCUT2D eigenvalue weighted by molar-refractivity contribution is -0.137. The molecule has 0 saturated heterocycles. The number of benzene rings is 2. The van der Waals surface area contributed by atoms with Gasteiger partial charge < -0.3 is 15.2 Å². The van der Waals surface area contributed by atoms with Gasteiger partial charge in [0.05, 0.1) is 11.8 Å². The first kappa shape index (κ1) is 21.9. The van der Waals surface area contributed by atoms with Crippen LogP contribution in [0.4, 0.5) is 19.0 Å². The zero-order chi connectivity index (χ0) is 24.6. The molecule has 3 N–H and O–H groups in total. The summed E-state index contributed by atoms with van der Waals surface area (Å²) in [6, 6.07) is 9.60. The van der Waals surface area contributed by atoms with Crippen molar-refractivity contribution in [1.29, 1.82) is 0 Å². The highest BCUT2D eigenvalue weighted by atomic mass is 19.4. The van der Waals surface area contributed by atoms with Crippen LogP contribution in [0.2, 0.25) is 0 Å². The van der Waals surface area contributed by atoms with E-state index in [0.29, 0.717) is 17.1 Å². The monoisotopic (exact) mass is 486 g/mol. The first-order valence-electron chi connectivity index (χ1n) is 9.76. The first-order chi connectivity index (χ1) is 16.8. The van der Waals surface area contributed by atoms with Gasteiger partial charge in [-0.15, -0.1) is 5.10 Å². The minimum Gasteiger partial charge on any atom is -0.454 e. The van der Waals surface area contributed by atoms with E-state index in [1.54, 1.807) is 18.2 Å². The van der Waals surface area contributed by atoms with Crippen LogP contribution in [-0.2, 0) is 6.18 Å². The number of nitrogens with one attached hydrogen (secondary N) is 1. The van der Waals surface area contributed by atoms with Crippen LogP contribution in [0.3, 0.4) is 0 Å². The fourth-order valence-corrected chi connectivity index (χ4v) is 3.30. The second-order valence-electron chi connectivity index (χ2n) is 7.02. The number of nitrogens with zero attached hydrogens (tertiary/aromatic N) is 6. The van der Waals surface area contributed by atoms with Crippen molar-refractivity contribution in [1.82, 2.24) is 30.7 Å². The summed E-state index contributed by atoms with van der Waals surface area (Å²) in [5, 5.41) is 18.6. The van der Waals surface area contributed by atoms with Crippen LogP contribution in [0.15, 0.2) is 52.2 Å². The van der Waals surface area contributed by atoms with Gasteiger partial charge in [0, 0.05) is 11.1 Å². The zero-order valence-electron chi connectivity index (χ0n) is 17.4. The lowest BCUT2D eigenvalue weighted by Gasteiger charge is -2.09. The van der Waals surface area contributed by atoms with E-state index in [1.807, 2.05) is 0 Å². The third-order valence-electron chi connectivity index (χ3n) is 4.86.